The lowest BCUT2D eigenvalue weighted by Gasteiger charge is -1.99. The highest BCUT2D eigenvalue weighted by molar-refractivity contribution is 5.75. The van der Waals surface area contributed by atoms with Gasteiger partial charge in [0.25, 0.3) is 5.82 Å². The van der Waals surface area contributed by atoms with Crippen molar-refractivity contribution in [1.82, 2.24) is 20.1 Å². The van der Waals surface area contributed by atoms with Crippen LogP contribution in [0.2, 0.25) is 0 Å². The first kappa shape index (κ1) is 9.75. The van der Waals surface area contributed by atoms with Crippen molar-refractivity contribution in [2.75, 3.05) is 6.54 Å². The summed E-state index contributed by atoms with van der Waals surface area (Å²) < 4.78 is 1.27. The standard InChI is InChI=1S/C8H7N5O/c1-2-3-10-8(14)5-13-6-11-7(4-9)12-13/h1,6H,3,5H2,(H,10,14). The van der Waals surface area contributed by atoms with Gasteiger partial charge < -0.3 is 5.32 Å². The zero-order valence-corrected chi connectivity index (χ0v) is 7.27. The molecule has 70 valence electrons. The van der Waals surface area contributed by atoms with Crippen molar-refractivity contribution in [2.45, 2.75) is 6.54 Å². The average Bonchev–Trinajstić information content (AvgIpc) is 2.62. The molecule has 0 aliphatic rings. The Bertz CT molecular complexity index is 408. The van der Waals surface area contributed by atoms with Crippen LogP contribution in [0.5, 0.6) is 0 Å². The topological polar surface area (TPSA) is 83.6 Å². The van der Waals surface area contributed by atoms with Gasteiger partial charge in [-0.1, -0.05) is 5.92 Å². The lowest BCUT2D eigenvalue weighted by Crippen LogP contribution is -2.27. The first-order valence-corrected chi connectivity index (χ1v) is 3.76. The highest BCUT2D eigenvalue weighted by Crippen LogP contribution is 1.86. The minimum absolute atomic E-state index is 0.0103. The maximum atomic E-state index is 11.1. The Morgan fingerprint density at radius 3 is 3.14 bits per heavy atom. The van der Waals surface area contributed by atoms with Gasteiger partial charge in [0.2, 0.25) is 5.91 Å². The number of nitrogens with zero attached hydrogens (tertiary/aromatic N) is 4. The molecule has 0 bridgehead atoms. The third-order valence-corrected chi connectivity index (χ3v) is 1.33. The molecule has 0 radical (unpaired) electrons. The molecular weight excluding hydrogens is 182 g/mol. The van der Waals surface area contributed by atoms with E-state index in [9.17, 15) is 4.79 Å². The van der Waals surface area contributed by atoms with E-state index in [1.54, 1.807) is 6.07 Å². The van der Waals surface area contributed by atoms with Gasteiger partial charge in [0.1, 0.15) is 18.9 Å². The molecule has 0 fully saturated rings. The van der Waals surface area contributed by atoms with Crippen molar-refractivity contribution in [3.8, 4) is 18.4 Å². The number of terminal acetylenes is 1. The molecule has 6 nitrogen and oxygen atoms in total. The summed E-state index contributed by atoms with van der Waals surface area (Å²) in [7, 11) is 0. The number of carbonyl (C=O) groups excluding carboxylic acids is 1. The van der Waals surface area contributed by atoms with Crippen LogP contribution in [0.3, 0.4) is 0 Å². The SMILES string of the molecule is C#CCNC(=O)Cn1cnc(C#N)n1. The normalized spacial score (nSPS) is 8.71. The molecule has 0 aromatic carbocycles. The van der Waals surface area contributed by atoms with E-state index in [-0.39, 0.29) is 24.8 Å². The zero-order chi connectivity index (χ0) is 10.4. The second-order valence-electron chi connectivity index (χ2n) is 2.36. The van der Waals surface area contributed by atoms with Crippen LogP contribution >= 0.6 is 0 Å². The van der Waals surface area contributed by atoms with E-state index in [0.717, 1.165) is 0 Å². The minimum Gasteiger partial charge on any atom is -0.344 e. The summed E-state index contributed by atoms with van der Waals surface area (Å²) in [6.07, 6.45) is 6.27. The molecule has 0 atom stereocenters. The second-order valence-corrected chi connectivity index (χ2v) is 2.36. The first-order chi connectivity index (χ1) is 6.76. The molecule has 1 amide bonds. The van der Waals surface area contributed by atoms with Gasteiger partial charge in [-0.05, 0) is 0 Å². The molecule has 0 aliphatic carbocycles. The van der Waals surface area contributed by atoms with E-state index in [4.69, 9.17) is 11.7 Å². The molecule has 0 unspecified atom stereocenters. The molecular formula is C8H7N5O. The van der Waals surface area contributed by atoms with Crippen LogP contribution in [0.4, 0.5) is 0 Å². The predicted octanol–water partition coefficient (Wildman–Crippen LogP) is -1.10. The number of nitrogens with one attached hydrogen (secondary N) is 1. The molecule has 0 saturated carbocycles. The number of hydrogen-bond donors (Lipinski definition) is 1. The van der Waals surface area contributed by atoms with Crippen LogP contribution in [-0.4, -0.2) is 27.2 Å². The third-order valence-electron chi connectivity index (χ3n) is 1.33. The largest absolute Gasteiger partial charge is 0.344 e. The molecule has 0 saturated heterocycles. The van der Waals surface area contributed by atoms with Gasteiger partial charge in [-0.3, -0.25) is 4.79 Å². The van der Waals surface area contributed by atoms with E-state index in [1.807, 2.05) is 0 Å². The smallest absolute Gasteiger partial charge is 0.252 e. The van der Waals surface area contributed by atoms with E-state index in [0.29, 0.717) is 0 Å². The lowest BCUT2D eigenvalue weighted by atomic mass is 10.5. The monoisotopic (exact) mass is 189 g/mol. The van der Waals surface area contributed by atoms with Gasteiger partial charge in [-0.2, -0.15) is 5.26 Å². The van der Waals surface area contributed by atoms with E-state index < -0.39 is 0 Å². The number of nitriles is 1. The first-order valence-electron chi connectivity index (χ1n) is 3.76. The van der Waals surface area contributed by atoms with Crippen molar-refractivity contribution >= 4 is 5.91 Å². The molecule has 1 N–H and O–H groups in total. The summed E-state index contributed by atoms with van der Waals surface area (Å²) in [6.45, 7) is 0.189. The fourth-order valence-corrected chi connectivity index (χ4v) is 0.775. The molecule has 1 heterocycles. The summed E-state index contributed by atoms with van der Waals surface area (Å²) in [5.74, 6) is 2.04. The van der Waals surface area contributed by atoms with Gasteiger partial charge in [0.15, 0.2) is 0 Å². The van der Waals surface area contributed by atoms with Crippen LogP contribution < -0.4 is 5.32 Å². The number of hydrogen-bond acceptors (Lipinski definition) is 4. The van der Waals surface area contributed by atoms with Crippen molar-refractivity contribution < 1.29 is 4.79 Å². The predicted molar refractivity (Wildman–Crippen MR) is 46.6 cm³/mol. The van der Waals surface area contributed by atoms with Gasteiger partial charge in [0, 0.05) is 0 Å². The van der Waals surface area contributed by atoms with E-state index in [1.165, 1.54) is 11.0 Å². The summed E-state index contributed by atoms with van der Waals surface area (Å²) in [5, 5.41) is 14.6. The molecule has 1 aromatic heterocycles. The molecule has 0 spiro atoms. The van der Waals surface area contributed by atoms with Gasteiger partial charge in [0.05, 0.1) is 6.54 Å². The molecule has 1 aromatic rings. The summed E-state index contributed by atoms with van der Waals surface area (Å²) in [6, 6.07) is 1.76. The Kier molecular flexibility index (Phi) is 3.22. The molecule has 0 aliphatic heterocycles. The number of aromatic nitrogens is 3. The maximum Gasteiger partial charge on any atom is 0.252 e. The Hall–Kier alpha value is -2.34. The van der Waals surface area contributed by atoms with Crippen molar-refractivity contribution in [3.63, 3.8) is 0 Å². The highest BCUT2D eigenvalue weighted by atomic mass is 16.2. The zero-order valence-electron chi connectivity index (χ0n) is 7.27. The number of carbonyl (C=O) groups is 1. The Morgan fingerprint density at radius 1 is 1.79 bits per heavy atom. The van der Waals surface area contributed by atoms with Crippen LogP contribution in [0.15, 0.2) is 6.33 Å². The number of rotatable bonds is 3. The fraction of sp³-hybridized carbons (Fsp3) is 0.250. The average molecular weight is 189 g/mol. The quantitative estimate of drug-likeness (QED) is 0.612. The van der Waals surface area contributed by atoms with Crippen LogP contribution in [0.25, 0.3) is 0 Å². The highest BCUT2D eigenvalue weighted by Gasteiger charge is 2.03. The van der Waals surface area contributed by atoms with Crippen molar-refractivity contribution in [2.24, 2.45) is 0 Å². The molecule has 14 heavy (non-hydrogen) atoms. The number of amides is 1. The Morgan fingerprint density at radius 2 is 2.57 bits per heavy atom. The molecule has 1 rings (SSSR count). The minimum atomic E-state index is -0.266. The van der Waals surface area contributed by atoms with Crippen LogP contribution in [0, 0.1) is 23.7 Å². The van der Waals surface area contributed by atoms with Gasteiger partial charge in [-0.25, -0.2) is 9.67 Å². The van der Waals surface area contributed by atoms with E-state index >= 15 is 0 Å². The summed E-state index contributed by atoms with van der Waals surface area (Å²) >= 11 is 0. The van der Waals surface area contributed by atoms with Gasteiger partial charge >= 0.3 is 0 Å². The Labute approximate surface area is 80.6 Å². The van der Waals surface area contributed by atoms with E-state index in [2.05, 4.69) is 21.3 Å². The second kappa shape index (κ2) is 4.63. The third kappa shape index (κ3) is 2.61. The lowest BCUT2D eigenvalue weighted by molar-refractivity contribution is -0.121. The summed E-state index contributed by atoms with van der Waals surface area (Å²) in [4.78, 5) is 14.7. The summed E-state index contributed by atoms with van der Waals surface area (Å²) in [5.41, 5.74) is 0. The molecule has 6 heteroatoms. The fourth-order valence-electron chi connectivity index (χ4n) is 0.775. The van der Waals surface area contributed by atoms with Crippen LogP contribution in [-0.2, 0) is 11.3 Å². The van der Waals surface area contributed by atoms with Crippen molar-refractivity contribution in [3.05, 3.63) is 12.2 Å². The van der Waals surface area contributed by atoms with Gasteiger partial charge in [-0.15, -0.1) is 11.5 Å². The van der Waals surface area contributed by atoms with Crippen LogP contribution in [0.1, 0.15) is 5.82 Å². The Balaban J connectivity index is 2.49. The van der Waals surface area contributed by atoms with Crippen molar-refractivity contribution in [1.29, 1.82) is 5.26 Å². The maximum absolute atomic E-state index is 11.1.